The Labute approximate surface area is 121 Å². The molecular formula is C12H6ClFN2O5. The second-order valence-corrected chi connectivity index (χ2v) is 4.16. The molecule has 0 amide bonds. The van der Waals surface area contributed by atoms with Gasteiger partial charge in [-0.25, -0.2) is 14.2 Å². The van der Waals surface area contributed by atoms with Gasteiger partial charge in [-0.2, -0.15) is 0 Å². The van der Waals surface area contributed by atoms with E-state index in [4.69, 9.17) is 21.4 Å². The predicted molar refractivity (Wildman–Crippen MR) is 69.3 cm³/mol. The van der Waals surface area contributed by atoms with Crippen molar-refractivity contribution in [3.05, 3.63) is 57.0 Å². The van der Waals surface area contributed by atoms with E-state index in [1.54, 1.807) is 0 Å². The first-order valence-electron chi connectivity index (χ1n) is 5.39. The first-order chi connectivity index (χ1) is 9.90. The van der Waals surface area contributed by atoms with Crippen LogP contribution in [0.15, 0.2) is 30.5 Å². The van der Waals surface area contributed by atoms with Crippen molar-refractivity contribution in [1.82, 2.24) is 4.98 Å². The zero-order valence-corrected chi connectivity index (χ0v) is 10.9. The van der Waals surface area contributed by atoms with Crippen molar-refractivity contribution in [3.8, 4) is 11.6 Å². The minimum Gasteiger partial charge on any atom is -0.477 e. The fourth-order valence-electron chi connectivity index (χ4n) is 1.49. The van der Waals surface area contributed by atoms with Crippen LogP contribution in [-0.2, 0) is 0 Å². The third kappa shape index (κ3) is 3.06. The van der Waals surface area contributed by atoms with E-state index in [0.717, 1.165) is 18.3 Å². The van der Waals surface area contributed by atoms with E-state index in [1.807, 2.05) is 0 Å². The third-order valence-corrected chi connectivity index (χ3v) is 2.67. The van der Waals surface area contributed by atoms with E-state index in [9.17, 15) is 19.3 Å². The van der Waals surface area contributed by atoms with E-state index in [-0.39, 0.29) is 22.3 Å². The van der Waals surface area contributed by atoms with Gasteiger partial charge in [-0.15, -0.1) is 0 Å². The third-order valence-electron chi connectivity index (χ3n) is 2.40. The topological polar surface area (TPSA) is 103 Å². The molecule has 0 bridgehead atoms. The van der Waals surface area contributed by atoms with Gasteiger partial charge < -0.3 is 9.84 Å². The lowest BCUT2D eigenvalue weighted by Crippen LogP contribution is -2.04. The van der Waals surface area contributed by atoms with Gasteiger partial charge in [0, 0.05) is 6.07 Å². The molecule has 2 aromatic rings. The minimum atomic E-state index is -1.53. The van der Waals surface area contributed by atoms with Gasteiger partial charge in [-0.1, -0.05) is 17.7 Å². The first kappa shape index (κ1) is 14.7. The van der Waals surface area contributed by atoms with Crippen LogP contribution in [0.1, 0.15) is 10.4 Å². The van der Waals surface area contributed by atoms with Crippen LogP contribution < -0.4 is 4.74 Å². The van der Waals surface area contributed by atoms with Gasteiger partial charge in [-0.05, 0) is 12.1 Å². The molecule has 0 atom stereocenters. The second-order valence-electron chi connectivity index (χ2n) is 3.76. The molecule has 0 spiro atoms. The Morgan fingerprint density at radius 3 is 2.76 bits per heavy atom. The number of ether oxygens (including phenoxy) is 1. The van der Waals surface area contributed by atoms with Crippen LogP contribution in [0.3, 0.4) is 0 Å². The molecule has 1 N–H and O–H groups in total. The van der Waals surface area contributed by atoms with Crippen LogP contribution in [0.2, 0.25) is 5.02 Å². The average molecular weight is 313 g/mol. The largest absolute Gasteiger partial charge is 0.477 e. The summed E-state index contributed by atoms with van der Waals surface area (Å²) in [6, 6.07) is 4.41. The molecule has 0 radical (unpaired) electrons. The highest BCUT2D eigenvalue weighted by Crippen LogP contribution is 2.32. The number of halogens is 2. The van der Waals surface area contributed by atoms with Crippen molar-refractivity contribution in [1.29, 1.82) is 0 Å². The summed E-state index contributed by atoms with van der Waals surface area (Å²) in [5, 5.41) is 19.3. The van der Waals surface area contributed by atoms with E-state index < -0.39 is 22.3 Å². The van der Waals surface area contributed by atoms with Crippen LogP contribution in [0.4, 0.5) is 10.1 Å². The van der Waals surface area contributed by atoms with Crippen molar-refractivity contribution in [2.75, 3.05) is 0 Å². The lowest BCUT2D eigenvalue weighted by molar-refractivity contribution is -0.385. The maximum Gasteiger partial charge on any atom is 0.342 e. The van der Waals surface area contributed by atoms with Crippen LogP contribution >= 0.6 is 11.6 Å². The lowest BCUT2D eigenvalue weighted by atomic mass is 10.2. The van der Waals surface area contributed by atoms with Gasteiger partial charge in [0.1, 0.15) is 28.3 Å². The van der Waals surface area contributed by atoms with Crippen molar-refractivity contribution >= 4 is 23.3 Å². The summed E-state index contributed by atoms with van der Waals surface area (Å²) in [5.41, 5.74) is -1.04. The average Bonchev–Trinajstić information content (AvgIpc) is 2.40. The number of nitrogens with zero attached hydrogens (tertiary/aromatic N) is 2. The Morgan fingerprint density at radius 1 is 1.48 bits per heavy atom. The summed E-state index contributed by atoms with van der Waals surface area (Å²) in [7, 11) is 0. The molecular weight excluding hydrogens is 307 g/mol. The molecule has 9 heteroatoms. The maximum atomic E-state index is 13.5. The van der Waals surface area contributed by atoms with E-state index in [1.165, 1.54) is 12.1 Å². The highest BCUT2D eigenvalue weighted by molar-refractivity contribution is 6.32. The quantitative estimate of drug-likeness (QED) is 0.686. The molecule has 0 aliphatic heterocycles. The van der Waals surface area contributed by atoms with Crippen LogP contribution in [0, 0.1) is 15.9 Å². The fraction of sp³-hybridized carbons (Fsp3) is 0. The minimum absolute atomic E-state index is 0.204. The first-order valence-corrected chi connectivity index (χ1v) is 5.77. The number of nitro groups is 1. The molecule has 1 heterocycles. The number of carboxylic acids is 1. The molecule has 0 unspecified atom stereocenters. The number of aromatic carboxylic acids is 1. The highest BCUT2D eigenvalue weighted by atomic mass is 35.5. The molecule has 0 saturated heterocycles. The van der Waals surface area contributed by atoms with Crippen LogP contribution in [0.25, 0.3) is 0 Å². The number of hydrogen-bond acceptors (Lipinski definition) is 5. The normalized spacial score (nSPS) is 10.2. The van der Waals surface area contributed by atoms with E-state index in [0.29, 0.717) is 0 Å². The molecule has 108 valence electrons. The summed E-state index contributed by atoms with van der Waals surface area (Å²) in [6.45, 7) is 0. The number of aromatic nitrogens is 1. The van der Waals surface area contributed by atoms with E-state index in [2.05, 4.69) is 4.98 Å². The zero-order valence-electron chi connectivity index (χ0n) is 10.1. The van der Waals surface area contributed by atoms with Crippen molar-refractivity contribution in [3.63, 3.8) is 0 Å². The van der Waals surface area contributed by atoms with E-state index >= 15 is 0 Å². The van der Waals surface area contributed by atoms with Crippen LogP contribution in [-0.4, -0.2) is 21.0 Å². The molecule has 1 aromatic heterocycles. The predicted octanol–water partition coefficient (Wildman–Crippen LogP) is 3.27. The monoisotopic (exact) mass is 312 g/mol. The fourth-order valence-corrected chi connectivity index (χ4v) is 1.69. The number of carboxylic acid groups (broad SMARTS) is 1. The zero-order chi connectivity index (χ0) is 15.6. The SMILES string of the molecule is O=C(O)c1c(F)cccc1Oc1ncc([N+](=O)[O-])cc1Cl. The lowest BCUT2D eigenvalue weighted by Gasteiger charge is -2.09. The van der Waals surface area contributed by atoms with Crippen molar-refractivity contribution in [2.24, 2.45) is 0 Å². The molecule has 0 saturated carbocycles. The van der Waals surface area contributed by atoms with Gasteiger partial charge in [0.2, 0.25) is 5.88 Å². The van der Waals surface area contributed by atoms with Crippen LogP contribution in [0.5, 0.6) is 11.6 Å². The summed E-state index contributed by atoms with van der Waals surface area (Å²) in [4.78, 5) is 24.5. The Hall–Kier alpha value is -2.74. The van der Waals surface area contributed by atoms with Gasteiger partial charge >= 0.3 is 5.97 Å². The summed E-state index contributed by atoms with van der Waals surface area (Å²) in [5.74, 6) is -3.10. The number of pyridine rings is 1. The van der Waals surface area contributed by atoms with Crippen molar-refractivity contribution in [2.45, 2.75) is 0 Å². The van der Waals surface area contributed by atoms with Gasteiger partial charge in [0.25, 0.3) is 5.69 Å². The molecule has 0 aliphatic rings. The number of benzene rings is 1. The number of rotatable bonds is 4. The second kappa shape index (κ2) is 5.71. The molecule has 7 nitrogen and oxygen atoms in total. The molecule has 2 rings (SSSR count). The molecule has 0 aliphatic carbocycles. The summed E-state index contributed by atoms with van der Waals surface area (Å²) >= 11 is 5.76. The molecule has 1 aromatic carbocycles. The number of carbonyl (C=O) groups is 1. The smallest absolute Gasteiger partial charge is 0.342 e. The van der Waals surface area contributed by atoms with Gasteiger partial charge in [-0.3, -0.25) is 10.1 Å². The Bertz CT molecular complexity index is 738. The standard InChI is InChI=1S/C12H6ClFN2O5/c13-7-4-6(16(19)20)5-15-11(7)21-9-3-1-2-8(14)10(9)12(17)18/h1-5H,(H,17,18). The summed E-state index contributed by atoms with van der Waals surface area (Å²) in [6.07, 6.45) is 0.890. The van der Waals surface area contributed by atoms with Crippen molar-refractivity contribution < 1.29 is 24.0 Å². The Balaban J connectivity index is 2.42. The van der Waals surface area contributed by atoms with Gasteiger partial charge in [0.05, 0.1) is 4.92 Å². The highest BCUT2D eigenvalue weighted by Gasteiger charge is 2.19. The Morgan fingerprint density at radius 2 is 2.19 bits per heavy atom. The molecule has 21 heavy (non-hydrogen) atoms. The number of hydrogen-bond donors (Lipinski definition) is 1. The Kier molecular flexibility index (Phi) is 3.99. The molecule has 0 fully saturated rings. The summed E-state index contributed by atoms with van der Waals surface area (Å²) < 4.78 is 18.6. The van der Waals surface area contributed by atoms with Gasteiger partial charge in [0.15, 0.2) is 0 Å². The maximum absolute atomic E-state index is 13.5.